The number of aliphatic hydroxyl groups is 1. The van der Waals surface area contributed by atoms with E-state index in [1.54, 1.807) is 47.2 Å². The van der Waals surface area contributed by atoms with Gasteiger partial charge < -0.3 is 23.8 Å². The number of carbonyl (C=O) groups excluding carboxylic acids is 2. The summed E-state index contributed by atoms with van der Waals surface area (Å²) in [5, 5.41) is 13.9. The van der Waals surface area contributed by atoms with Crippen LogP contribution in [0.15, 0.2) is 102 Å². The van der Waals surface area contributed by atoms with Crippen molar-refractivity contribution in [3.63, 3.8) is 0 Å². The maximum atomic E-state index is 16.4. The van der Waals surface area contributed by atoms with E-state index in [-0.39, 0.29) is 50.0 Å². The van der Waals surface area contributed by atoms with E-state index < -0.39 is 31.6 Å². The minimum absolute atomic E-state index is 0.108. The molecule has 9 nitrogen and oxygen atoms in total. The number of para-hydroxylation sites is 1. The molecule has 2 aliphatic heterocycles. The number of aliphatic hydroxyl groups excluding tert-OH is 1. The summed E-state index contributed by atoms with van der Waals surface area (Å²) in [6.45, 7) is 5.34. The zero-order chi connectivity index (χ0) is 36.1. The van der Waals surface area contributed by atoms with Crippen LogP contribution in [0.1, 0.15) is 30.0 Å². The SMILES string of the molecule is C[C@@H]1[C@@H]([Si](C)(C)F)[C@H](CC(=O)N(CCO)Cc2ccccc2)O[C@@]12C(=O)N(Cc1cccc(-n3[nH]c4ccccc4c3=O)c1)c1ccc(Cl)cc12. The van der Waals surface area contributed by atoms with Crippen LogP contribution in [0.5, 0.6) is 0 Å². The van der Waals surface area contributed by atoms with Gasteiger partial charge in [0.25, 0.3) is 11.5 Å². The van der Waals surface area contributed by atoms with Gasteiger partial charge in [-0.3, -0.25) is 19.5 Å². The van der Waals surface area contributed by atoms with Gasteiger partial charge in [0.2, 0.25) is 14.3 Å². The van der Waals surface area contributed by atoms with Crippen LogP contribution >= 0.6 is 11.6 Å². The lowest BCUT2D eigenvalue weighted by molar-refractivity contribution is -0.150. The molecular formula is C39H40ClFN4O5Si. The molecule has 0 saturated carbocycles. The zero-order valence-corrected chi connectivity index (χ0v) is 30.4. The summed E-state index contributed by atoms with van der Waals surface area (Å²) < 4.78 is 24.7. The van der Waals surface area contributed by atoms with Crippen LogP contribution in [0, 0.1) is 5.92 Å². The third-order valence-corrected chi connectivity index (χ3v) is 13.0. The van der Waals surface area contributed by atoms with E-state index in [1.165, 1.54) is 4.68 Å². The van der Waals surface area contributed by atoms with Crippen molar-refractivity contribution in [2.75, 3.05) is 18.1 Å². The Morgan fingerprint density at radius 3 is 2.45 bits per heavy atom. The summed E-state index contributed by atoms with van der Waals surface area (Å²) in [6, 6.07) is 29.3. The quantitative estimate of drug-likeness (QED) is 0.123. The Morgan fingerprint density at radius 1 is 1.00 bits per heavy atom. The third kappa shape index (κ3) is 6.22. The molecule has 3 heterocycles. The largest absolute Gasteiger partial charge is 0.395 e. The number of ether oxygens (including phenoxy) is 1. The Balaban J connectivity index is 1.22. The van der Waals surface area contributed by atoms with Crippen LogP contribution in [0.3, 0.4) is 0 Å². The van der Waals surface area contributed by atoms with Crippen LogP contribution < -0.4 is 10.5 Å². The van der Waals surface area contributed by atoms with Crippen molar-refractivity contribution in [3.05, 3.63) is 129 Å². The molecule has 0 aliphatic carbocycles. The molecule has 12 heteroatoms. The van der Waals surface area contributed by atoms with Gasteiger partial charge in [-0.25, -0.2) is 4.68 Å². The van der Waals surface area contributed by atoms with Crippen molar-refractivity contribution in [1.82, 2.24) is 14.7 Å². The lowest BCUT2D eigenvalue weighted by Gasteiger charge is -2.31. The van der Waals surface area contributed by atoms with Gasteiger partial charge in [0.05, 0.1) is 48.0 Å². The topological polar surface area (TPSA) is 108 Å². The van der Waals surface area contributed by atoms with Gasteiger partial charge in [0.15, 0.2) is 5.60 Å². The second kappa shape index (κ2) is 13.5. The van der Waals surface area contributed by atoms with Gasteiger partial charge in [-0.2, -0.15) is 0 Å². The Morgan fingerprint density at radius 2 is 1.73 bits per heavy atom. The molecule has 2 amide bonds. The highest BCUT2D eigenvalue weighted by molar-refractivity contribution is 6.72. The number of carbonyl (C=O) groups is 2. The van der Waals surface area contributed by atoms with Gasteiger partial charge in [0, 0.05) is 35.1 Å². The molecule has 0 unspecified atom stereocenters. The zero-order valence-electron chi connectivity index (χ0n) is 28.7. The summed E-state index contributed by atoms with van der Waals surface area (Å²) in [4.78, 5) is 45.1. The summed E-state index contributed by atoms with van der Waals surface area (Å²) >= 11 is 6.55. The van der Waals surface area contributed by atoms with E-state index in [1.807, 2.05) is 79.7 Å². The molecular weight excluding hydrogens is 687 g/mol. The monoisotopic (exact) mass is 726 g/mol. The molecule has 4 aromatic carbocycles. The summed E-state index contributed by atoms with van der Waals surface area (Å²) in [6.07, 6.45) is -1.03. The minimum Gasteiger partial charge on any atom is -0.395 e. The van der Waals surface area contributed by atoms with E-state index >= 15 is 4.11 Å². The van der Waals surface area contributed by atoms with Crippen LogP contribution in [0.2, 0.25) is 23.7 Å². The Bertz CT molecular complexity index is 2170. The van der Waals surface area contributed by atoms with Crippen LogP contribution in [-0.4, -0.2) is 59.3 Å². The number of nitrogens with zero attached hydrogens (tertiary/aromatic N) is 3. The average molecular weight is 727 g/mol. The number of nitrogens with one attached hydrogen (secondary N) is 1. The number of H-pyrrole nitrogens is 1. The van der Waals surface area contributed by atoms with Crippen molar-refractivity contribution in [2.24, 2.45) is 5.92 Å². The molecule has 5 aromatic rings. The lowest BCUT2D eigenvalue weighted by atomic mass is 9.82. The number of amides is 2. The van der Waals surface area contributed by atoms with Crippen molar-refractivity contribution in [2.45, 2.75) is 56.8 Å². The summed E-state index contributed by atoms with van der Waals surface area (Å²) in [7, 11) is -3.55. The highest BCUT2D eigenvalue weighted by atomic mass is 35.5. The van der Waals surface area contributed by atoms with Gasteiger partial charge in [-0.15, -0.1) is 0 Å². The molecule has 1 fully saturated rings. The van der Waals surface area contributed by atoms with E-state index in [4.69, 9.17) is 16.3 Å². The molecule has 4 atom stereocenters. The van der Waals surface area contributed by atoms with Gasteiger partial charge in [0.1, 0.15) is 0 Å². The fraction of sp³-hybridized carbons (Fsp3) is 0.308. The first-order valence-corrected chi connectivity index (χ1v) is 20.5. The van der Waals surface area contributed by atoms with Gasteiger partial charge in [-0.05, 0) is 66.7 Å². The molecule has 1 aromatic heterocycles. The molecule has 0 radical (unpaired) electrons. The Labute approximate surface area is 301 Å². The van der Waals surface area contributed by atoms with Crippen molar-refractivity contribution < 1.29 is 23.5 Å². The summed E-state index contributed by atoms with van der Waals surface area (Å²) in [5.74, 6) is -1.26. The number of fused-ring (bicyclic) bond motifs is 3. The number of benzene rings is 4. The maximum absolute atomic E-state index is 16.4. The maximum Gasteiger partial charge on any atom is 0.279 e. The van der Waals surface area contributed by atoms with Gasteiger partial charge in [-0.1, -0.05) is 73.1 Å². The predicted molar refractivity (Wildman–Crippen MR) is 198 cm³/mol. The molecule has 0 bridgehead atoms. The Kier molecular flexibility index (Phi) is 9.26. The van der Waals surface area contributed by atoms with Crippen LogP contribution in [0.25, 0.3) is 16.6 Å². The molecule has 7 rings (SSSR count). The first-order chi connectivity index (χ1) is 24.4. The number of anilines is 1. The first-order valence-electron chi connectivity index (χ1n) is 17.1. The van der Waals surface area contributed by atoms with E-state index in [9.17, 15) is 19.5 Å². The molecule has 2 N–H and O–H groups in total. The molecule has 1 spiro atoms. The minimum atomic E-state index is -3.55. The highest BCUT2D eigenvalue weighted by Gasteiger charge is 2.67. The number of aromatic amines is 1. The third-order valence-electron chi connectivity index (χ3n) is 10.3. The first kappa shape index (κ1) is 34.9. The second-order valence-corrected chi connectivity index (χ2v) is 18.3. The highest BCUT2D eigenvalue weighted by Crippen LogP contribution is 2.60. The van der Waals surface area contributed by atoms with E-state index in [0.717, 1.165) is 11.1 Å². The standard InChI is InChI=1S/C39H40ClFN4O5Si/c1-25-36(51(2,3)41)34(22-35(47)43(18-19-46)23-26-10-5-4-6-11-26)50-39(25)31-21-28(40)16-17-33(31)44(38(39)49)24-27-12-9-13-29(20-27)45-37(48)30-14-7-8-15-32(30)42-45/h4-17,20-21,25,34,36,42,46H,18-19,22-24H2,1-3H3/t25-,34+,36-,39+/m1/s1. The van der Waals surface area contributed by atoms with Gasteiger partial charge >= 0.3 is 0 Å². The van der Waals surface area contributed by atoms with Crippen molar-refractivity contribution >= 4 is 48.4 Å². The number of rotatable bonds is 10. The van der Waals surface area contributed by atoms with Crippen LogP contribution in [0.4, 0.5) is 9.80 Å². The van der Waals surface area contributed by atoms with E-state index in [2.05, 4.69) is 5.10 Å². The second-order valence-electron chi connectivity index (χ2n) is 14.0. The number of hydrogen-bond donors (Lipinski definition) is 2. The fourth-order valence-corrected chi connectivity index (χ4v) is 10.8. The molecule has 2 aliphatic rings. The smallest absolute Gasteiger partial charge is 0.279 e. The number of aromatic nitrogens is 2. The Hall–Kier alpha value is -4.55. The normalized spacial score (nSPS) is 21.5. The molecule has 264 valence electrons. The molecule has 1 saturated heterocycles. The summed E-state index contributed by atoms with van der Waals surface area (Å²) in [5.41, 5.74) is 1.69. The number of halogens is 2. The fourth-order valence-electron chi connectivity index (χ4n) is 8.11. The molecule has 51 heavy (non-hydrogen) atoms. The average Bonchev–Trinajstić information content (AvgIpc) is 3.68. The number of hydrogen-bond acceptors (Lipinski definition) is 5. The van der Waals surface area contributed by atoms with Crippen molar-refractivity contribution in [3.8, 4) is 5.69 Å². The van der Waals surface area contributed by atoms with Crippen molar-refractivity contribution in [1.29, 1.82) is 0 Å². The van der Waals surface area contributed by atoms with Crippen LogP contribution in [-0.2, 0) is 33.0 Å². The predicted octanol–water partition coefficient (Wildman–Crippen LogP) is 6.71. The van der Waals surface area contributed by atoms with E-state index in [0.29, 0.717) is 32.9 Å². The lowest BCUT2D eigenvalue weighted by Crippen LogP contribution is -2.45.